The summed E-state index contributed by atoms with van der Waals surface area (Å²) >= 11 is 0. The van der Waals surface area contributed by atoms with E-state index in [0.717, 1.165) is 24.3 Å². The largest absolute Gasteiger partial charge is 0.497 e. The highest BCUT2D eigenvalue weighted by molar-refractivity contribution is 5.84. The molecule has 0 unspecified atom stereocenters. The first-order valence-electron chi connectivity index (χ1n) is 10.0. The van der Waals surface area contributed by atoms with Crippen LogP contribution >= 0.6 is 0 Å². The first kappa shape index (κ1) is 22.3. The van der Waals surface area contributed by atoms with Crippen molar-refractivity contribution in [2.45, 2.75) is 12.8 Å². The maximum absolute atomic E-state index is 14.5. The zero-order valence-corrected chi connectivity index (χ0v) is 17.5. The molecule has 0 spiro atoms. The molecule has 166 valence electrons. The number of hydrogen-bond acceptors (Lipinski definition) is 1. The zero-order chi connectivity index (χ0) is 23.5. The second-order valence-corrected chi connectivity index (χ2v) is 7.46. The second kappa shape index (κ2) is 9.33. The van der Waals surface area contributed by atoms with Crippen LogP contribution in [0, 0.1) is 40.9 Å². The Kier molecular flexibility index (Phi) is 6.32. The van der Waals surface area contributed by atoms with Crippen LogP contribution in [-0.4, -0.2) is 7.11 Å². The van der Waals surface area contributed by atoms with Gasteiger partial charge in [-0.15, -0.1) is 0 Å². The average molecular weight is 452 g/mol. The van der Waals surface area contributed by atoms with Gasteiger partial charge in [0.05, 0.1) is 12.7 Å². The summed E-state index contributed by atoms with van der Waals surface area (Å²) in [5, 5.41) is 1.01. The minimum Gasteiger partial charge on any atom is -0.497 e. The third kappa shape index (κ3) is 4.98. The van der Waals surface area contributed by atoms with Crippen LogP contribution in [0.3, 0.4) is 0 Å². The number of methoxy groups -OCH3 is 1. The molecule has 0 saturated heterocycles. The van der Waals surface area contributed by atoms with Crippen LogP contribution in [0.25, 0.3) is 10.8 Å². The van der Waals surface area contributed by atoms with Crippen LogP contribution in [0.4, 0.5) is 22.0 Å². The van der Waals surface area contributed by atoms with E-state index >= 15 is 0 Å². The van der Waals surface area contributed by atoms with E-state index in [-0.39, 0.29) is 29.7 Å². The smallest absolute Gasteiger partial charge is 0.159 e. The van der Waals surface area contributed by atoms with E-state index in [1.54, 1.807) is 24.3 Å². The summed E-state index contributed by atoms with van der Waals surface area (Å²) in [4.78, 5) is 0. The van der Waals surface area contributed by atoms with Crippen molar-refractivity contribution in [3.05, 3.63) is 112 Å². The van der Waals surface area contributed by atoms with Crippen molar-refractivity contribution in [3.8, 4) is 17.6 Å². The lowest BCUT2D eigenvalue weighted by Gasteiger charge is -2.08. The number of rotatable bonds is 4. The van der Waals surface area contributed by atoms with E-state index in [4.69, 9.17) is 4.74 Å². The molecule has 0 saturated carbocycles. The normalized spacial score (nSPS) is 10.7. The maximum Gasteiger partial charge on any atom is 0.159 e. The van der Waals surface area contributed by atoms with Gasteiger partial charge in [-0.2, -0.15) is 0 Å². The van der Waals surface area contributed by atoms with Gasteiger partial charge in [-0.1, -0.05) is 24.0 Å². The van der Waals surface area contributed by atoms with E-state index in [9.17, 15) is 22.0 Å². The van der Waals surface area contributed by atoms with Crippen molar-refractivity contribution in [2.75, 3.05) is 7.11 Å². The van der Waals surface area contributed by atoms with Crippen molar-refractivity contribution in [1.82, 2.24) is 0 Å². The topological polar surface area (TPSA) is 9.23 Å². The van der Waals surface area contributed by atoms with Gasteiger partial charge in [0.15, 0.2) is 11.6 Å². The minimum absolute atomic E-state index is 0.0559. The third-order valence-corrected chi connectivity index (χ3v) is 5.27. The predicted molar refractivity (Wildman–Crippen MR) is 117 cm³/mol. The number of hydrogen-bond donors (Lipinski definition) is 0. The molecule has 0 aliphatic rings. The minimum atomic E-state index is -0.955. The molecular formula is C27H17F5O. The molecule has 4 aromatic carbocycles. The fourth-order valence-corrected chi connectivity index (χ4v) is 3.48. The van der Waals surface area contributed by atoms with Crippen molar-refractivity contribution in [1.29, 1.82) is 0 Å². The van der Waals surface area contributed by atoms with E-state index in [1.807, 2.05) is 0 Å². The summed E-state index contributed by atoms with van der Waals surface area (Å²) in [5.41, 5.74) is 1.14. The summed E-state index contributed by atoms with van der Waals surface area (Å²) < 4.78 is 74.3. The molecule has 0 aromatic heterocycles. The molecule has 1 nitrogen and oxygen atoms in total. The highest BCUT2D eigenvalue weighted by atomic mass is 19.2. The Morgan fingerprint density at radius 1 is 0.636 bits per heavy atom. The van der Waals surface area contributed by atoms with Gasteiger partial charge < -0.3 is 4.74 Å². The lowest BCUT2D eigenvalue weighted by Crippen LogP contribution is -2.01. The van der Waals surface area contributed by atoms with Gasteiger partial charge in [-0.3, -0.25) is 0 Å². The maximum atomic E-state index is 14.5. The molecule has 4 rings (SSSR count). The van der Waals surface area contributed by atoms with E-state index in [2.05, 4.69) is 11.8 Å². The van der Waals surface area contributed by atoms with Gasteiger partial charge in [0.25, 0.3) is 0 Å². The highest BCUT2D eigenvalue weighted by Crippen LogP contribution is 2.23. The van der Waals surface area contributed by atoms with Crippen molar-refractivity contribution >= 4 is 10.8 Å². The Labute approximate surface area is 187 Å². The van der Waals surface area contributed by atoms with Gasteiger partial charge in [0, 0.05) is 23.3 Å². The molecule has 0 fully saturated rings. The number of ether oxygens (including phenoxy) is 1. The Balaban J connectivity index is 1.51. The second-order valence-electron chi connectivity index (χ2n) is 7.46. The fourth-order valence-electron chi connectivity index (χ4n) is 3.48. The molecule has 0 atom stereocenters. The van der Waals surface area contributed by atoms with Crippen molar-refractivity contribution in [2.24, 2.45) is 0 Å². The van der Waals surface area contributed by atoms with Crippen LogP contribution in [-0.2, 0) is 12.8 Å². The Morgan fingerprint density at radius 2 is 1.33 bits per heavy atom. The molecule has 33 heavy (non-hydrogen) atoms. The average Bonchev–Trinajstić information content (AvgIpc) is 2.78. The quantitative estimate of drug-likeness (QED) is 0.247. The molecule has 6 heteroatoms. The van der Waals surface area contributed by atoms with Crippen LogP contribution in [0.2, 0.25) is 0 Å². The first-order valence-corrected chi connectivity index (χ1v) is 10.0. The van der Waals surface area contributed by atoms with Crippen LogP contribution in [0.15, 0.2) is 60.7 Å². The van der Waals surface area contributed by atoms with Gasteiger partial charge in [-0.25, -0.2) is 22.0 Å². The molecule has 0 bridgehead atoms. The Morgan fingerprint density at radius 3 is 2.00 bits per heavy atom. The van der Waals surface area contributed by atoms with Gasteiger partial charge in [-0.05, 0) is 65.6 Å². The standard InChI is InChI=1S/C27H17F5O/c1-33-21-14-24(29)22(25(30)15-21)9-5-17-3-7-18(23(28)11-17)6-2-16-4-8-19-12-26(31)27(32)13-20(19)10-16/h3-4,7-8,10-15H,5,9H2,1H3. The summed E-state index contributed by atoms with van der Waals surface area (Å²) in [6.45, 7) is 0. The fraction of sp³-hybridized carbons (Fsp3) is 0.111. The molecule has 0 N–H and O–H groups in total. The van der Waals surface area contributed by atoms with Gasteiger partial charge >= 0.3 is 0 Å². The van der Waals surface area contributed by atoms with Crippen LogP contribution in [0.5, 0.6) is 5.75 Å². The molecule has 0 amide bonds. The molecule has 0 radical (unpaired) electrons. The van der Waals surface area contributed by atoms with Crippen molar-refractivity contribution < 1.29 is 26.7 Å². The zero-order valence-electron chi connectivity index (χ0n) is 17.5. The summed E-state index contributed by atoms with van der Waals surface area (Å²) in [7, 11) is 1.32. The third-order valence-electron chi connectivity index (χ3n) is 5.27. The van der Waals surface area contributed by atoms with Gasteiger partial charge in [0.1, 0.15) is 23.2 Å². The van der Waals surface area contributed by atoms with Crippen LogP contribution in [0.1, 0.15) is 22.3 Å². The lowest BCUT2D eigenvalue weighted by atomic mass is 10.0. The van der Waals surface area contributed by atoms with E-state index in [0.29, 0.717) is 21.9 Å². The van der Waals surface area contributed by atoms with Crippen molar-refractivity contribution in [3.63, 3.8) is 0 Å². The molecule has 0 aliphatic heterocycles. The van der Waals surface area contributed by atoms with E-state index < -0.39 is 29.1 Å². The lowest BCUT2D eigenvalue weighted by molar-refractivity contribution is 0.405. The number of benzene rings is 4. The highest BCUT2D eigenvalue weighted by Gasteiger charge is 2.12. The number of aryl methyl sites for hydroxylation is 1. The molecule has 0 heterocycles. The molecular weight excluding hydrogens is 435 g/mol. The number of fused-ring (bicyclic) bond motifs is 1. The molecule has 0 aliphatic carbocycles. The Hall–Kier alpha value is -3.85. The SMILES string of the molecule is COc1cc(F)c(CCc2ccc(C#Cc3ccc4cc(F)c(F)cc4c3)c(F)c2)c(F)c1. The Bertz CT molecular complexity index is 1390. The predicted octanol–water partition coefficient (Wildman–Crippen LogP) is 6.73. The molecule has 4 aromatic rings. The van der Waals surface area contributed by atoms with Gasteiger partial charge in [0.2, 0.25) is 0 Å². The first-order chi connectivity index (χ1) is 15.8. The van der Waals surface area contributed by atoms with Crippen LogP contribution < -0.4 is 4.74 Å². The summed E-state index contributed by atoms with van der Waals surface area (Å²) in [6.07, 6.45) is 0.290. The summed E-state index contributed by atoms with van der Waals surface area (Å²) in [6, 6.07) is 13.7. The number of halogens is 5. The summed E-state index contributed by atoms with van der Waals surface area (Å²) in [5.74, 6) is 1.75. The monoisotopic (exact) mass is 452 g/mol. The van der Waals surface area contributed by atoms with E-state index in [1.165, 1.54) is 19.2 Å².